The highest BCUT2D eigenvalue weighted by atomic mass is 32.2. The summed E-state index contributed by atoms with van der Waals surface area (Å²) in [6.07, 6.45) is 1.01. The summed E-state index contributed by atoms with van der Waals surface area (Å²) in [5.41, 5.74) is 4.43. The third kappa shape index (κ3) is 6.41. The summed E-state index contributed by atoms with van der Waals surface area (Å²) in [5, 5.41) is 8.64. The number of ether oxygens (including phenoxy) is 3. The van der Waals surface area contributed by atoms with Gasteiger partial charge in [0, 0.05) is 11.4 Å². The lowest BCUT2D eigenvalue weighted by Gasteiger charge is -2.28. The molecule has 1 unspecified atom stereocenters. The number of methoxy groups -OCH3 is 1. The van der Waals surface area contributed by atoms with Gasteiger partial charge >= 0.3 is 5.97 Å². The molecule has 2 aromatic carbocycles. The Balaban J connectivity index is 1.65. The average molecular weight is 551 g/mol. The number of anilines is 1. The Morgan fingerprint density at radius 2 is 1.85 bits per heavy atom. The Morgan fingerprint density at radius 3 is 2.49 bits per heavy atom. The first-order valence-electron chi connectivity index (χ1n) is 13.3. The number of esters is 1. The maximum Gasteiger partial charge on any atom is 0.338 e. The highest BCUT2D eigenvalue weighted by molar-refractivity contribution is 7.99. The lowest BCUT2D eigenvalue weighted by atomic mass is 9.87. The number of nitrogens with zero attached hydrogens (tertiary/aromatic N) is 3. The standard InChI is InChI=1S/C30H38N4O4S/c1-8-16-39-29-32-28-31-19(3)25(27(35)37-9-2)26(34(28)33-29)21-12-15-23(24(17-21)36-7)38-18-20-10-13-22(14-11-20)30(4,5)6/h10-15,17,26H,8-9,16,18H2,1-7H3,(H,31,32,33). The molecule has 0 amide bonds. The van der Waals surface area contributed by atoms with E-state index in [1.807, 2.05) is 25.1 Å². The van der Waals surface area contributed by atoms with Crippen molar-refractivity contribution in [1.82, 2.24) is 14.8 Å². The molecule has 1 N–H and O–H groups in total. The van der Waals surface area contributed by atoms with Crippen LogP contribution >= 0.6 is 11.8 Å². The van der Waals surface area contributed by atoms with Crippen molar-refractivity contribution >= 4 is 23.7 Å². The van der Waals surface area contributed by atoms with Crippen molar-refractivity contribution in [3.63, 3.8) is 0 Å². The van der Waals surface area contributed by atoms with Crippen molar-refractivity contribution in [3.05, 3.63) is 70.4 Å². The van der Waals surface area contributed by atoms with Gasteiger partial charge in [-0.15, -0.1) is 5.10 Å². The molecule has 208 valence electrons. The zero-order valence-electron chi connectivity index (χ0n) is 23.8. The van der Waals surface area contributed by atoms with Crippen LogP contribution in [0, 0.1) is 0 Å². The van der Waals surface area contributed by atoms with E-state index in [1.54, 1.807) is 30.5 Å². The maximum absolute atomic E-state index is 13.1. The molecular weight excluding hydrogens is 512 g/mol. The van der Waals surface area contributed by atoms with Crippen LogP contribution < -0.4 is 14.8 Å². The third-order valence-electron chi connectivity index (χ3n) is 6.48. The van der Waals surface area contributed by atoms with Crippen LogP contribution in [-0.4, -0.2) is 40.2 Å². The Morgan fingerprint density at radius 1 is 1.10 bits per heavy atom. The molecule has 0 saturated heterocycles. The highest BCUT2D eigenvalue weighted by Gasteiger charge is 2.35. The van der Waals surface area contributed by atoms with Crippen molar-refractivity contribution in [1.29, 1.82) is 0 Å². The van der Waals surface area contributed by atoms with E-state index in [0.29, 0.717) is 40.5 Å². The van der Waals surface area contributed by atoms with E-state index in [-0.39, 0.29) is 12.0 Å². The van der Waals surface area contributed by atoms with E-state index in [4.69, 9.17) is 19.3 Å². The number of carbonyl (C=O) groups excluding carboxylic acids is 1. The zero-order chi connectivity index (χ0) is 28.2. The largest absolute Gasteiger partial charge is 0.493 e. The lowest BCUT2D eigenvalue weighted by Crippen LogP contribution is -2.29. The van der Waals surface area contributed by atoms with Crippen LogP contribution in [0.15, 0.2) is 58.9 Å². The number of rotatable bonds is 10. The van der Waals surface area contributed by atoms with E-state index in [9.17, 15) is 4.79 Å². The van der Waals surface area contributed by atoms with E-state index in [2.05, 4.69) is 62.3 Å². The topological polar surface area (TPSA) is 87.5 Å². The molecule has 1 aliphatic rings. The summed E-state index contributed by atoms with van der Waals surface area (Å²) in [7, 11) is 1.61. The Kier molecular flexibility index (Phi) is 8.90. The van der Waals surface area contributed by atoms with Crippen LogP contribution in [0.3, 0.4) is 0 Å². The minimum Gasteiger partial charge on any atom is -0.493 e. The van der Waals surface area contributed by atoms with Gasteiger partial charge in [-0.1, -0.05) is 69.8 Å². The number of fused-ring (bicyclic) bond motifs is 1. The molecule has 0 fully saturated rings. The second-order valence-electron chi connectivity index (χ2n) is 10.4. The van der Waals surface area contributed by atoms with Crippen LogP contribution in [0.2, 0.25) is 0 Å². The zero-order valence-corrected chi connectivity index (χ0v) is 24.6. The number of thioether (sulfide) groups is 1. The summed E-state index contributed by atoms with van der Waals surface area (Å²) in [5.74, 6) is 2.29. The molecule has 2 heterocycles. The molecule has 0 saturated carbocycles. The number of allylic oxidation sites excluding steroid dienone is 1. The Bertz CT molecular complexity index is 1340. The molecule has 0 bridgehead atoms. The molecule has 4 rings (SSSR count). The number of nitrogens with one attached hydrogen (secondary N) is 1. The van der Waals surface area contributed by atoms with Crippen LogP contribution in [0.5, 0.6) is 11.5 Å². The summed E-state index contributed by atoms with van der Waals surface area (Å²) in [6.45, 7) is 13.1. The first-order chi connectivity index (χ1) is 18.7. The molecule has 1 atom stereocenters. The first kappa shape index (κ1) is 28.5. The fourth-order valence-corrected chi connectivity index (χ4v) is 5.09. The Hall–Kier alpha value is -3.46. The highest BCUT2D eigenvalue weighted by Crippen LogP contribution is 2.40. The van der Waals surface area contributed by atoms with Gasteiger partial charge in [-0.05, 0) is 54.5 Å². The number of benzene rings is 2. The minimum absolute atomic E-state index is 0.0989. The van der Waals surface area contributed by atoms with E-state index >= 15 is 0 Å². The fourth-order valence-electron chi connectivity index (χ4n) is 4.40. The van der Waals surface area contributed by atoms with Gasteiger partial charge in [0.15, 0.2) is 11.5 Å². The predicted molar refractivity (Wildman–Crippen MR) is 155 cm³/mol. The van der Waals surface area contributed by atoms with Gasteiger partial charge in [0.25, 0.3) is 0 Å². The van der Waals surface area contributed by atoms with Crippen LogP contribution in [-0.2, 0) is 21.6 Å². The van der Waals surface area contributed by atoms with Gasteiger partial charge in [0.1, 0.15) is 12.6 Å². The number of hydrogen-bond acceptors (Lipinski definition) is 8. The first-order valence-corrected chi connectivity index (χ1v) is 14.3. The van der Waals surface area contributed by atoms with Crippen LogP contribution in [0.4, 0.5) is 5.95 Å². The van der Waals surface area contributed by atoms with Crippen molar-refractivity contribution < 1.29 is 19.0 Å². The van der Waals surface area contributed by atoms with Gasteiger partial charge in [-0.2, -0.15) is 4.98 Å². The smallest absolute Gasteiger partial charge is 0.338 e. The molecule has 1 aliphatic heterocycles. The number of hydrogen-bond donors (Lipinski definition) is 1. The number of aromatic nitrogens is 3. The Labute approximate surface area is 235 Å². The van der Waals surface area contributed by atoms with E-state index in [1.165, 1.54) is 5.56 Å². The number of carbonyl (C=O) groups is 1. The SMILES string of the molecule is CCCSc1nc2n(n1)C(c1ccc(OCc3ccc(C(C)(C)C)cc3)c(OC)c1)C(C(=O)OCC)=C(C)N2. The molecule has 9 heteroatoms. The summed E-state index contributed by atoms with van der Waals surface area (Å²) >= 11 is 1.59. The normalized spacial score (nSPS) is 15.0. The summed E-state index contributed by atoms with van der Waals surface area (Å²) < 4.78 is 19.1. The monoisotopic (exact) mass is 550 g/mol. The van der Waals surface area contributed by atoms with Crippen molar-refractivity contribution in [3.8, 4) is 11.5 Å². The molecular formula is C30H38N4O4S. The second-order valence-corrected chi connectivity index (χ2v) is 11.5. The maximum atomic E-state index is 13.1. The van der Waals surface area contributed by atoms with Crippen LogP contribution in [0.25, 0.3) is 0 Å². The van der Waals surface area contributed by atoms with Gasteiger partial charge < -0.3 is 19.5 Å². The average Bonchev–Trinajstić information content (AvgIpc) is 3.32. The molecule has 3 aromatic rings. The molecule has 39 heavy (non-hydrogen) atoms. The third-order valence-corrected chi connectivity index (χ3v) is 7.53. The summed E-state index contributed by atoms with van der Waals surface area (Å²) in [6, 6.07) is 13.7. The lowest BCUT2D eigenvalue weighted by molar-refractivity contribution is -0.139. The quantitative estimate of drug-likeness (QED) is 0.226. The molecule has 8 nitrogen and oxygen atoms in total. The van der Waals surface area contributed by atoms with Gasteiger partial charge in [0.05, 0.1) is 19.3 Å². The molecule has 0 spiro atoms. The minimum atomic E-state index is -0.531. The predicted octanol–water partition coefficient (Wildman–Crippen LogP) is 6.52. The van der Waals surface area contributed by atoms with E-state index in [0.717, 1.165) is 23.3 Å². The van der Waals surface area contributed by atoms with E-state index < -0.39 is 12.0 Å². The van der Waals surface area contributed by atoms with Crippen molar-refractivity contribution in [2.45, 2.75) is 71.2 Å². The molecule has 1 aromatic heterocycles. The van der Waals surface area contributed by atoms with Crippen molar-refractivity contribution in [2.75, 3.05) is 24.8 Å². The van der Waals surface area contributed by atoms with Gasteiger partial charge in [0.2, 0.25) is 11.1 Å². The van der Waals surface area contributed by atoms with Crippen molar-refractivity contribution in [2.24, 2.45) is 0 Å². The molecule has 0 radical (unpaired) electrons. The van der Waals surface area contributed by atoms with Crippen LogP contribution in [0.1, 0.15) is 70.7 Å². The van der Waals surface area contributed by atoms with Gasteiger partial charge in [-0.3, -0.25) is 0 Å². The fraction of sp³-hybridized carbons (Fsp3) is 0.433. The summed E-state index contributed by atoms with van der Waals surface area (Å²) in [4.78, 5) is 17.8. The molecule has 0 aliphatic carbocycles. The van der Waals surface area contributed by atoms with Gasteiger partial charge in [-0.25, -0.2) is 9.48 Å². The second kappa shape index (κ2) is 12.2.